The molecule has 1 aromatic heterocycles. The van der Waals surface area contributed by atoms with Gasteiger partial charge in [-0.3, -0.25) is 10.1 Å². The van der Waals surface area contributed by atoms with Crippen LogP contribution in [-0.2, 0) is 29.1 Å². The second-order valence-corrected chi connectivity index (χ2v) is 9.87. The lowest BCUT2D eigenvalue weighted by Gasteiger charge is -2.12. The highest BCUT2D eigenvalue weighted by atomic mass is 32.2. The molecule has 1 aromatic carbocycles. The number of hydrogen-bond acceptors (Lipinski definition) is 10. The van der Waals surface area contributed by atoms with Gasteiger partial charge in [0.2, 0.25) is 15.2 Å². The van der Waals surface area contributed by atoms with E-state index in [1.807, 2.05) is 0 Å². The standard InChI is InChI=1S/C20H27N5O6S2/c1-13-22-20(32-25-13)23-19(26)18(24-31-16-7-6-15(12-16)30-3)14-4-8-17(9-5-14)33(27,28)21-10-11-29-2/h4-5,8-9,15-16,21H,6-7,10-12H2,1-3H3,(H,22,23,25,26)/b24-18+/t15-,16-/m1/s1. The van der Waals surface area contributed by atoms with Crippen molar-refractivity contribution in [1.29, 1.82) is 0 Å². The van der Waals surface area contributed by atoms with Crippen molar-refractivity contribution >= 4 is 38.3 Å². The van der Waals surface area contributed by atoms with Crippen LogP contribution in [0.25, 0.3) is 0 Å². The number of rotatable bonds is 11. The Kier molecular flexibility index (Phi) is 8.86. The molecule has 11 nitrogen and oxygen atoms in total. The maximum Gasteiger partial charge on any atom is 0.280 e. The van der Waals surface area contributed by atoms with Crippen molar-refractivity contribution < 1.29 is 27.5 Å². The van der Waals surface area contributed by atoms with E-state index >= 15 is 0 Å². The SMILES string of the molecule is COCCNS(=O)(=O)c1ccc(/C(=N\O[C@@H]2CC[C@@H](OC)C2)C(=O)Nc2nc(C)ns2)cc1. The number of nitrogens with one attached hydrogen (secondary N) is 2. The van der Waals surface area contributed by atoms with Crippen molar-refractivity contribution in [3.63, 3.8) is 0 Å². The first-order chi connectivity index (χ1) is 15.8. The van der Waals surface area contributed by atoms with Gasteiger partial charge >= 0.3 is 0 Å². The Morgan fingerprint density at radius 1 is 1.21 bits per heavy atom. The Labute approximate surface area is 196 Å². The van der Waals surface area contributed by atoms with Gasteiger partial charge in [-0.15, -0.1) is 0 Å². The minimum Gasteiger partial charge on any atom is -0.392 e. The van der Waals surface area contributed by atoms with Crippen LogP contribution in [0, 0.1) is 6.92 Å². The summed E-state index contributed by atoms with van der Waals surface area (Å²) in [5.74, 6) is -0.00148. The number of aromatic nitrogens is 2. The van der Waals surface area contributed by atoms with Crippen LogP contribution < -0.4 is 10.0 Å². The van der Waals surface area contributed by atoms with Crippen LogP contribution in [0.3, 0.4) is 0 Å². The molecule has 180 valence electrons. The molecule has 0 spiro atoms. The quantitative estimate of drug-likeness (QED) is 0.271. The minimum atomic E-state index is -3.71. The number of carbonyl (C=O) groups is 1. The number of ether oxygens (including phenoxy) is 2. The molecule has 2 atom stereocenters. The minimum absolute atomic E-state index is 0.00000928. The molecule has 1 amide bonds. The molecular weight excluding hydrogens is 470 g/mol. The fraction of sp³-hybridized carbons (Fsp3) is 0.500. The molecule has 0 bridgehead atoms. The van der Waals surface area contributed by atoms with E-state index in [4.69, 9.17) is 14.3 Å². The van der Waals surface area contributed by atoms with Crippen LogP contribution >= 0.6 is 11.5 Å². The third-order valence-electron chi connectivity index (χ3n) is 4.96. The number of anilines is 1. The third-order valence-corrected chi connectivity index (χ3v) is 7.16. The average molecular weight is 498 g/mol. The highest BCUT2D eigenvalue weighted by molar-refractivity contribution is 7.89. The summed E-state index contributed by atoms with van der Waals surface area (Å²) >= 11 is 1.05. The van der Waals surface area contributed by atoms with Crippen molar-refractivity contribution in [2.45, 2.75) is 43.3 Å². The lowest BCUT2D eigenvalue weighted by atomic mass is 10.1. The number of oxime groups is 1. The number of amides is 1. The maximum absolute atomic E-state index is 13.0. The first kappa shape index (κ1) is 25.2. The fourth-order valence-electron chi connectivity index (χ4n) is 3.22. The molecule has 1 fully saturated rings. The van der Waals surface area contributed by atoms with Gasteiger partial charge in [0.25, 0.3) is 5.91 Å². The molecular formula is C20H27N5O6S2. The summed E-state index contributed by atoms with van der Waals surface area (Å²) in [5, 5.41) is 7.11. The molecule has 0 radical (unpaired) electrons. The van der Waals surface area contributed by atoms with E-state index in [-0.39, 0.29) is 36.0 Å². The van der Waals surface area contributed by atoms with Gasteiger partial charge in [-0.1, -0.05) is 17.3 Å². The summed E-state index contributed by atoms with van der Waals surface area (Å²) in [7, 11) is -0.569. The number of hydrogen-bond donors (Lipinski definition) is 2. The third kappa shape index (κ3) is 7.01. The second-order valence-electron chi connectivity index (χ2n) is 7.35. The Morgan fingerprint density at radius 2 is 1.94 bits per heavy atom. The summed E-state index contributed by atoms with van der Waals surface area (Å²) in [4.78, 5) is 22.8. The molecule has 0 aliphatic heterocycles. The summed E-state index contributed by atoms with van der Waals surface area (Å²) < 4.78 is 41.5. The number of nitrogens with zero attached hydrogens (tertiary/aromatic N) is 3. The number of methoxy groups -OCH3 is 2. The summed E-state index contributed by atoms with van der Waals surface area (Å²) in [6.07, 6.45) is 2.21. The zero-order valence-corrected chi connectivity index (χ0v) is 20.2. The van der Waals surface area contributed by atoms with Gasteiger partial charge in [0.15, 0.2) is 5.71 Å². The van der Waals surface area contributed by atoms with E-state index in [2.05, 4.69) is 24.6 Å². The molecule has 1 aliphatic carbocycles. The monoisotopic (exact) mass is 497 g/mol. The van der Waals surface area contributed by atoms with E-state index in [0.717, 1.165) is 24.4 Å². The fourth-order valence-corrected chi connectivity index (χ4v) is 4.80. The van der Waals surface area contributed by atoms with E-state index in [0.29, 0.717) is 22.9 Å². The molecule has 1 heterocycles. The van der Waals surface area contributed by atoms with Gasteiger partial charge in [-0.2, -0.15) is 4.37 Å². The predicted molar refractivity (Wildman–Crippen MR) is 123 cm³/mol. The van der Waals surface area contributed by atoms with E-state index in [1.54, 1.807) is 14.0 Å². The Bertz CT molecular complexity index is 1070. The molecule has 0 saturated heterocycles. The van der Waals surface area contributed by atoms with Crippen LogP contribution in [0.4, 0.5) is 5.13 Å². The number of sulfonamides is 1. The largest absolute Gasteiger partial charge is 0.392 e. The van der Waals surface area contributed by atoms with Gasteiger partial charge in [0.1, 0.15) is 11.9 Å². The van der Waals surface area contributed by atoms with Crippen molar-refractivity contribution in [3.05, 3.63) is 35.7 Å². The summed E-state index contributed by atoms with van der Waals surface area (Å²) in [5.41, 5.74) is 0.394. The van der Waals surface area contributed by atoms with Gasteiger partial charge in [-0.05, 0) is 31.9 Å². The van der Waals surface area contributed by atoms with Crippen LogP contribution in [0.1, 0.15) is 30.7 Å². The smallest absolute Gasteiger partial charge is 0.280 e. The predicted octanol–water partition coefficient (Wildman–Crippen LogP) is 1.70. The van der Waals surface area contributed by atoms with Crippen LogP contribution in [0.2, 0.25) is 0 Å². The zero-order chi connectivity index (χ0) is 23.8. The van der Waals surface area contributed by atoms with Crippen molar-refractivity contribution in [2.75, 3.05) is 32.7 Å². The highest BCUT2D eigenvalue weighted by Gasteiger charge is 2.27. The first-order valence-corrected chi connectivity index (χ1v) is 12.6. The van der Waals surface area contributed by atoms with Gasteiger partial charge in [0.05, 0.1) is 17.6 Å². The number of aryl methyl sites for hydroxylation is 1. The highest BCUT2D eigenvalue weighted by Crippen LogP contribution is 2.24. The van der Waals surface area contributed by atoms with E-state index in [9.17, 15) is 13.2 Å². The van der Waals surface area contributed by atoms with Crippen LogP contribution in [0.15, 0.2) is 34.3 Å². The molecule has 3 rings (SSSR count). The molecule has 13 heteroatoms. The molecule has 1 saturated carbocycles. The maximum atomic E-state index is 13.0. The van der Waals surface area contributed by atoms with E-state index in [1.165, 1.54) is 31.4 Å². The molecule has 0 unspecified atom stereocenters. The van der Waals surface area contributed by atoms with Gasteiger partial charge in [-0.25, -0.2) is 18.1 Å². The summed E-state index contributed by atoms with van der Waals surface area (Å²) in [6.45, 7) is 2.12. The molecule has 33 heavy (non-hydrogen) atoms. The van der Waals surface area contributed by atoms with Crippen LogP contribution in [-0.4, -0.2) is 69.0 Å². The molecule has 1 aliphatic rings. The first-order valence-electron chi connectivity index (χ1n) is 10.3. The van der Waals surface area contributed by atoms with Crippen molar-refractivity contribution in [2.24, 2.45) is 5.16 Å². The van der Waals surface area contributed by atoms with Crippen molar-refractivity contribution in [3.8, 4) is 0 Å². The number of carbonyl (C=O) groups excluding carboxylic acids is 1. The Balaban J connectivity index is 1.80. The lowest BCUT2D eigenvalue weighted by molar-refractivity contribution is -0.110. The molecule has 2 aromatic rings. The van der Waals surface area contributed by atoms with Crippen LogP contribution in [0.5, 0.6) is 0 Å². The average Bonchev–Trinajstić information content (AvgIpc) is 3.43. The Morgan fingerprint density at radius 3 is 2.55 bits per heavy atom. The second kappa shape index (κ2) is 11.6. The Hall–Kier alpha value is -2.45. The summed E-state index contributed by atoms with van der Waals surface area (Å²) in [6, 6.07) is 5.81. The normalized spacial score (nSPS) is 18.9. The van der Waals surface area contributed by atoms with Gasteiger partial charge in [0, 0.05) is 44.3 Å². The topological polar surface area (TPSA) is 141 Å². The van der Waals surface area contributed by atoms with Gasteiger partial charge < -0.3 is 14.3 Å². The van der Waals surface area contributed by atoms with E-state index < -0.39 is 15.9 Å². The number of benzene rings is 1. The van der Waals surface area contributed by atoms with Crippen molar-refractivity contribution in [1.82, 2.24) is 14.1 Å². The lowest BCUT2D eigenvalue weighted by Crippen LogP contribution is -2.27. The zero-order valence-electron chi connectivity index (χ0n) is 18.6. The molecule has 2 N–H and O–H groups in total.